The molecular weight excluding hydrogens is 176 g/mol. The summed E-state index contributed by atoms with van der Waals surface area (Å²) in [6.45, 7) is 4.93. The second kappa shape index (κ2) is 5.73. The number of rotatable bonds is 5. The zero-order valence-electron chi connectivity index (χ0n) is 9.03. The first kappa shape index (κ1) is 11.1. The molecule has 0 aliphatic heterocycles. The van der Waals surface area contributed by atoms with Gasteiger partial charge in [0, 0.05) is 25.4 Å². The Morgan fingerprint density at radius 1 is 1.43 bits per heavy atom. The Bertz CT molecular complexity index is 251. The van der Waals surface area contributed by atoms with Gasteiger partial charge in [0.2, 0.25) is 0 Å². The van der Waals surface area contributed by atoms with E-state index in [1.165, 1.54) is 0 Å². The maximum atomic E-state index is 5.06. The van der Waals surface area contributed by atoms with Crippen molar-refractivity contribution in [2.24, 2.45) is 0 Å². The van der Waals surface area contributed by atoms with Crippen LogP contribution in [0.5, 0.6) is 0 Å². The van der Waals surface area contributed by atoms with Gasteiger partial charge in [-0.1, -0.05) is 6.07 Å². The van der Waals surface area contributed by atoms with Gasteiger partial charge in [0.1, 0.15) is 0 Å². The first-order chi connectivity index (χ1) is 6.74. The number of hydrogen-bond acceptors (Lipinski definition) is 3. The Kier molecular flexibility index (Phi) is 4.56. The molecule has 14 heavy (non-hydrogen) atoms. The highest BCUT2D eigenvalue weighted by Crippen LogP contribution is 2.08. The average Bonchev–Trinajstić information content (AvgIpc) is 2.19. The average molecular weight is 194 g/mol. The summed E-state index contributed by atoms with van der Waals surface area (Å²) in [7, 11) is 1.71. The van der Waals surface area contributed by atoms with E-state index in [0.717, 1.165) is 12.3 Å². The third-order valence-corrected chi connectivity index (χ3v) is 2.08. The maximum absolute atomic E-state index is 5.06. The van der Waals surface area contributed by atoms with E-state index in [9.17, 15) is 0 Å². The lowest BCUT2D eigenvalue weighted by Crippen LogP contribution is -2.32. The van der Waals surface area contributed by atoms with E-state index in [0.29, 0.717) is 6.04 Å². The van der Waals surface area contributed by atoms with Gasteiger partial charge in [-0.3, -0.25) is 4.98 Å². The minimum Gasteiger partial charge on any atom is -0.383 e. The number of aromatic nitrogens is 1. The van der Waals surface area contributed by atoms with Crippen LogP contribution in [0.25, 0.3) is 0 Å². The Morgan fingerprint density at radius 3 is 2.79 bits per heavy atom. The molecule has 1 unspecified atom stereocenters. The van der Waals surface area contributed by atoms with Gasteiger partial charge in [-0.2, -0.15) is 0 Å². The van der Waals surface area contributed by atoms with Crippen LogP contribution in [0.2, 0.25) is 0 Å². The summed E-state index contributed by atoms with van der Waals surface area (Å²) < 4.78 is 5.06. The fraction of sp³-hybridized carbons (Fsp3) is 0.545. The predicted molar refractivity (Wildman–Crippen MR) is 57.1 cm³/mol. The van der Waals surface area contributed by atoms with Gasteiger partial charge >= 0.3 is 0 Å². The van der Waals surface area contributed by atoms with Crippen LogP contribution in [-0.4, -0.2) is 24.7 Å². The number of nitrogens with one attached hydrogen (secondary N) is 1. The summed E-state index contributed by atoms with van der Waals surface area (Å²) in [6, 6.07) is 6.56. The number of pyridine rings is 1. The second-order valence-electron chi connectivity index (χ2n) is 3.50. The van der Waals surface area contributed by atoms with Crippen molar-refractivity contribution >= 4 is 0 Å². The monoisotopic (exact) mass is 194 g/mol. The van der Waals surface area contributed by atoms with E-state index in [4.69, 9.17) is 4.74 Å². The minimum atomic E-state index is 0.265. The van der Waals surface area contributed by atoms with Crippen molar-refractivity contribution in [1.82, 2.24) is 10.3 Å². The molecule has 0 fully saturated rings. The SMILES string of the molecule is COCC(C)N[C@@H](C)c1ccccn1. The van der Waals surface area contributed by atoms with Crippen molar-refractivity contribution in [2.45, 2.75) is 25.9 Å². The summed E-state index contributed by atoms with van der Waals surface area (Å²) >= 11 is 0. The highest BCUT2D eigenvalue weighted by molar-refractivity contribution is 5.07. The van der Waals surface area contributed by atoms with Crippen LogP contribution in [0, 0.1) is 0 Å². The molecule has 3 nitrogen and oxygen atoms in total. The van der Waals surface area contributed by atoms with E-state index in [2.05, 4.69) is 24.1 Å². The largest absolute Gasteiger partial charge is 0.383 e. The standard InChI is InChI=1S/C11H18N2O/c1-9(8-14-3)13-10(2)11-6-4-5-7-12-11/h4-7,9-10,13H,8H2,1-3H3/t9?,10-/m0/s1. The molecule has 3 heteroatoms. The fourth-order valence-corrected chi connectivity index (χ4v) is 1.44. The van der Waals surface area contributed by atoms with Crippen molar-refractivity contribution in [3.63, 3.8) is 0 Å². The van der Waals surface area contributed by atoms with E-state index in [-0.39, 0.29) is 6.04 Å². The number of hydrogen-bond donors (Lipinski definition) is 1. The molecule has 1 rings (SSSR count). The third-order valence-electron chi connectivity index (χ3n) is 2.08. The van der Waals surface area contributed by atoms with Crippen molar-refractivity contribution in [2.75, 3.05) is 13.7 Å². The quantitative estimate of drug-likeness (QED) is 0.775. The zero-order chi connectivity index (χ0) is 10.4. The summed E-state index contributed by atoms with van der Waals surface area (Å²) in [6.07, 6.45) is 1.81. The molecule has 0 spiro atoms. The van der Waals surface area contributed by atoms with Crippen molar-refractivity contribution in [3.05, 3.63) is 30.1 Å². The lowest BCUT2D eigenvalue weighted by molar-refractivity contribution is 0.167. The van der Waals surface area contributed by atoms with Crippen LogP contribution in [0.15, 0.2) is 24.4 Å². The van der Waals surface area contributed by atoms with Crippen molar-refractivity contribution in [1.29, 1.82) is 0 Å². The highest BCUT2D eigenvalue weighted by atomic mass is 16.5. The Balaban J connectivity index is 2.46. The van der Waals surface area contributed by atoms with Gasteiger partial charge in [-0.25, -0.2) is 0 Å². The second-order valence-corrected chi connectivity index (χ2v) is 3.50. The summed E-state index contributed by atoms with van der Waals surface area (Å²) in [5.41, 5.74) is 1.07. The van der Waals surface area contributed by atoms with E-state index < -0.39 is 0 Å². The maximum Gasteiger partial charge on any atom is 0.0613 e. The van der Waals surface area contributed by atoms with Crippen LogP contribution < -0.4 is 5.32 Å². The van der Waals surface area contributed by atoms with Gasteiger partial charge in [-0.05, 0) is 26.0 Å². The molecule has 78 valence electrons. The first-order valence-electron chi connectivity index (χ1n) is 4.90. The van der Waals surface area contributed by atoms with Crippen molar-refractivity contribution < 1.29 is 4.74 Å². The van der Waals surface area contributed by atoms with Crippen LogP contribution in [-0.2, 0) is 4.74 Å². The molecule has 0 amide bonds. The topological polar surface area (TPSA) is 34.1 Å². The fourth-order valence-electron chi connectivity index (χ4n) is 1.44. The number of methoxy groups -OCH3 is 1. The summed E-state index contributed by atoms with van der Waals surface area (Å²) in [5, 5.41) is 3.41. The minimum absolute atomic E-state index is 0.265. The lowest BCUT2D eigenvalue weighted by Gasteiger charge is -2.18. The molecule has 0 saturated heterocycles. The molecule has 0 saturated carbocycles. The van der Waals surface area contributed by atoms with Crippen LogP contribution in [0.1, 0.15) is 25.6 Å². The van der Waals surface area contributed by atoms with Gasteiger partial charge in [-0.15, -0.1) is 0 Å². The molecule has 1 heterocycles. The molecular formula is C11H18N2O. The molecule has 1 aromatic heterocycles. The summed E-state index contributed by atoms with van der Waals surface area (Å²) in [5.74, 6) is 0. The molecule has 0 aliphatic carbocycles. The summed E-state index contributed by atoms with van der Waals surface area (Å²) in [4.78, 5) is 4.29. The predicted octanol–water partition coefficient (Wildman–Crippen LogP) is 1.77. The first-order valence-corrected chi connectivity index (χ1v) is 4.90. The lowest BCUT2D eigenvalue weighted by atomic mass is 10.2. The van der Waals surface area contributed by atoms with E-state index in [1.807, 2.05) is 24.4 Å². The third kappa shape index (κ3) is 3.44. The zero-order valence-corrected chi connectivity index (χ0v) is 9.03. The highest BCUT2D eigenvalue weighted by Gasteiger charge is 2.09. The molecule has 0 aliphatic rings. The molecule has 0 bridgehead atoms. The van der Waals surface area contributed by atoms with Crippen LogP contribution in [0.4, 0.5) is 0 Å². The number of nitrogens with zero attached hydrogens (tertiary/aromatic N) is 1. The Morgan fingerprint density at radius 2 is 2.21 bits per heavy atom. The molecule has 1 aromatic rings. The van der Waals surface area contributed by atoms with Gasteiger partial charge in [0.25, 0.3) is 0 Å². The van der Waals surface area contributed by atoms with Gasteiger partial charge < -0.3 is 10.1 Å². The molecule has 0 radical (unpaired) electrons. The van der Waals surface area contributed by atoms with E-state index in [1.54, 1.807) is 7.11 Å². The van der Waals surface area contributed by atoms with Gasteiger partial charge in [0.05, 0.1) is 12.3 Å². The van der Waals surface area contributed by atoms with Crippen molar-refractivity contribution in [3.8, 4) is 0 Å². The molecule has 1 N–H and O–H groups in total. The van der Waals surface area contributed by atoms with Crippen LogP contribution >= 0.6 is 0 Å². The van der Waals surface area contributed by atoms with E-state index >= 15 is 0 Å². The Labute approximate surface area is 85.5 Å². The smallest absolute Gasteiger partial charge is 0.0613 e. The van der Waals surface area contributed by atoms with Gasteiger partial charge in [0.15, 0.2) is 0 Å². The normalized spacial score (nSPS) is 15.1. The van der Waals surface area contributed by atoms with Crippen LogP contribution in [0.3, 0.4) is 0 Å². The Hall–Kier alpha value is -0.930. The molecule has 0 aromatic carbocycles. The molecule has 2 atom stereocenters. The number of ether oxygens (including phenoxy) is 1.